The van der Waals surface area contributed by atoms with Crippen LogP contribution in [0.4, 0.5) is 10.5 Å². The number of hydrogen-bond acceptors (Lipinski definition) is 4. The number of carboxylic acid groups (broad SMARTS) is 1. The minimum Gasteiger partial charge on any atom is -0.481 e. The van der Waals surface area contributed by atoms with Gasteiger partial charge < -0.3 is 20.1 Å². The van der Waals surface area contributed by atoms with Crippen molar-refractivity contribution in [1.82, 2.24) is 9.88 Å². The Morgan fingerprint density at radius 3 is 2.82 bits per heavy atom. The molecule has 120 valence electrons. The second-order valence-corrected chi connectivity index (χ2v) is 5.99. The number of rotatable bonds is 4. The zero-order valence-electron chi connectivity index (χ0n) is 13.0. The number of ether oxygens (including phenoxy) is 1. The first-order chi connectivity index (χ1) is 10.3. The number of anilines is 1. The molecule has 2 amide bonds. The van der Waals surface area contributed by atoms with Crippen LogP contribution in [0.2, 0.25) is 0 Å². The van der Waals surface area contributed by atoms with E-state index in [1.165, 1.54) is 4.90 Å². The number of likely N-dealkylation sites (tertiary alicyclic amines) is 1. The third-order valence-corrected chi connectivity index (χ3v) is 3.64. The summed E-state index contributed by atoms with van der Waals surface area (Å²) < 4.78 is 5.55. The van der Waals surface area contributed by atoms with Gasteiger partial charge in [-0.2, -0.15) is 0 Å². The molecule has 0 radical (unpaired) electrons. The summed E-state index contributed by atoms with van der Waals surface area (Å²) in [6.45, 7) is 6.00. The number of nitrogens with zero attached hydrogens (tertiary/aromatic N) is 2. The summed E-state index contributed by atoms with van der Waals surface area (Å²) in [5.74, 6) is -0.529. The molecule has 1 aromatic heterocycles. The normalized spacial score (nSPS) is 21.0. The minimum atomic E-state index is -0.885. The summed E-state index contributed by atoms with van der Waals surface area (Å²) in [5.41, 5.74) is -0.408. The number of pyridine rings is 1. The van der Waals surface area contributed by atoms with Crippen LogP contribution in [0.1, 0.15) is 27.2 Å². The standard InChI is InChI=1S/C15H21N3O4/c1-10(2)22-12-11(5-4-7-16-12)17-14(21)18-8-6-15(3,9-18)13(19)20/h4-5,7,10H,6,8-9H2,1-3H3,(H,17,21)(H,19,20). The van der Waals surface area contributed by atoms with Gasteiger partial charge in [-0.1, -0.05) is 0 Å². The van der Waals surface area contributed by atoms with Crippen LogP contribution in [-0.4, -0.2) is 46.2 Å². The molecule has 0 aromatic carbocycles. The van der Waals surface area contributed by atoms with Crippen molar-refractivity contribution in [3.05, 3.63) is 18.3 Å². The van der Waals surface area contributed by atoms with Crippen LogP contribution in [0, 0.1) is 5.41 Å². The van der Waals surface area contributed by atoms with Crippen molar-refractivity contribution in [2.45, 2.75) is 33.3 Å². The van der Waals surface area contributed by atoms with Crippen LogP contribution < -0.4 is 10.1 Å². The van der Waals surface area contributed by atoms with Crippen LogP contribution in [-0.2, 0) is 4.79 Å². The van der Waals surface area contributed by atoms with E-state index in [-0.39, 0.29) is 18.7 Å². The largest absolute Gasteiger partial charge is 0.481 e. The van der Waals surface area contributed by atoms with E-state index in [9.17, 15) is 14.7 Å². The quantitative estimate of drug-likeness (QED) is 0.889. The molecule has 1 aliphatic heterocycles. The Morgan fingerprint density at radius 1 is 1.50 bits per heavy atom. The molecule has 1 aliphatic rings. The van der Waals surface area contributed by atoms with E-state index in [4.69, 9.17) is 4.74 Å². The molecule has 1 unspecified atom stereocenters. The lowest BCUT2D eigenvalue weighted by atomic mass is 9.90. The average Bonchev–Trinajstić information content (AvgIpc) is 2.85. The van der Waals surface area contributed by atoms with Gasteiger partial charge in [0.15, 0.2) is 0 Å². The number of carbonyl (C=O) groups excluding carboxylic acids is 1. The second-order valence-electron chi connectivity index (χ2n) is 5.99. The summed E-state index contributed by atoms with van der Waals surface area (Å²) in [5, 5.41) is 12.0. The molecule has 1 aromatic rings. The SMILES string of the molecule is CC(C)Oc1ncccc1NC(=O)N1CCC(C)(C(=O)O)C1. The van der Waals surface area contributed by atoms with Crippen LogP contribution in [0.3, 0.4) is 0 Å². The molecule has 2 N–H and O–H groups in total. The molecule has 7 nitrogen and oxygen atoms in total. The first kappa shape index (κ1) is 16.1. The smallest absolute Gasteiger partial charge is 0.322 e. The highest BCUT2D eigenvalue weighted by Gasteiger charge is 2.42. The van der Waals surface area contributed by atoms with E-state index < -0.39 is 11.4 Å². The van der Waals surface area contributed by atoms with Crippen molar-refractivity contribution in [3.63, 3.8) is 0 Å². The first-order valence-electron chi connectivity index (χ1n) is 7.23. The number of aromatic nitrogens is 1. The third kappa shape index (κ3) is 3.47. The number of nitrogens with one attached hydrogen (secondary N) is 1. The lowest BCUT2D eigenvalue weighted by Crippen LogP contribution is -2.37. The molecule has 2 rings (SSSR count). The molecular formula is C15H21N3O4. The molecule has 1 fully saturated rings. The van der Waals surface area contributed by atoms with Gasteiger partial charge >= 0.3 is 12.0 Å². The van der Waals surface area contributed by atoms with Gasteiger partial charge in [-0.15, -0.1) is 0 Å². The zero-order valence-corrected chi connectivity index (χ0v) is 13.0. The highest BCUT2D eigenvalue weighted by atomic mass is 16.5. The Kier molecular flexibility index (Phi) is 4.54. The summed E-state index contributed by atoms with van der Waals surface area (Å²) in [7, 11) is 0. The predicted octanol–water partition coefficient (Wildman–Crippen LogP) is 2.20. The van der Waals surface area contributed by atoms with Crippen molar-refractivity contribution in [2.24, 2.45) is 5.41 Å². The van der Waals surface area contributed by atoms with Crippen molar-refractivity contribution in [3.8, 4) is 5.88 Å². The monoisotopic (exact) mass is 307 g/mol. The molecule has 0 spiro atoms. The molecule has 7 heteroatoms. The average molecular weight is 307 g/mol. The van der Waals surface area contributed by atoms with Crippen molar-refractivity contribution >= 4 is 17.7 Å². The molecular weight excluding hydrogens is 286 g/mol. The first-order valence-corrected chi connectivity index (χ1v) is 7.23. The summed E-state index contributed by atoms with van der Waals surface area (Å²) in [4.78, 5) is 29.1. The molecule has 1 atom stereocenters. The summed E-state index contributed by atoms with van der Waals surface area (Å²) in [6.07, 6.45) is 1.97. The Hall–Kier alpha value is -2.31. The molecule has 0 saturated carbocycles. The fraction of sp³-hybridized carbons (Fsp3) is 0.533. The highest BCUT2D eigenvalue weighted by molar-refractivity contribution is 5.91. The van der Waals surface area contributed by atoms with E-state index in [0.29, 0.717) is 24.5 Å². The van der Waals surface area contributed by atoms with E-state index in [0.717, 1.165) is 0 Å². The van der Waals surface area contributed by atoms with E-state index in [1.54, 1.807) is 25.3 Å². The van der Waals surface area contributed by atoms with Gasteiger partial charge in [-0.05, 0) is 39.3 Å². The highest BCUT2D eigenvalue weighted by Crippen LogP contribution is 2.31. The number of hydrogen-bond donors (Lipinski definition) is 2. The van der Waals surface area contributed by atoms with Gasteiger partial charge in [0.25, 0.3) is 0 Å². The lowest BCUT2D eigenvalue weighted by Gasteiger charge is -2.21. The number of carboxylic acids is 1. The third-order valence-electron chi connectivity index (χ3n) is 3.64. The van der Waals surface area contributed by atoms with Crippen LogP contribution in [0.15, 0.2) is 18.3 Å². The second kappa shape index (κ2) is 6.21. The van der Waals surface area contributed by atoms with Crippen LogP contribution >= 0.6 is 0 Å². The molecule has 0 bridgehead atoms. The molecule has 2 heterocycles. The van der Waals surface area contributed by atoms with E-state index >= 15 is 0 Å². The van der Waals surface area contributed by atoms with Gasteiger partial charge in [0.05, 0.1) is 11.5 Å². The summed E-state index contributed by atoms with van der Waals surface area (Å²) >= 11 is 0. The molecule has 22 heavy (non-hydrogen) atoms. The van der Waals surface area contributed by atoms with Gasteiger partial charge in [0.2, 0.25) is 5.88 Å². The van der Waals surface area contributed by atoms with Gasteiger partial charge in [-0.25, -0.2) is 9.78 Å². The van der Waals surface area contributed by atoms with Crippen molar-refractivity contribution < 1.29 is 19.4 Å². The van der Waals surface area contributed by atoms with Gasteiger partial charge in [0.1, 0.15) is 5.69 Å². The molecule has 1 saturated heterocycles. The Labute approximate surface area is 129 Å². The van der Waals surface area contributed by atoms with E-state index in [2.05, 4.69) is 10.3 Å². The number of carbonyl (C=O) groups is 2. The zero-order chi connectivity index (χ0) is 16.3. The summed E-state index contributed by atoms with van der Waals surface area (Å²) in [6, 6.07) is 3.06. The predicted molar refractivity (Wildman–Crippen MR) is 81.0 cm³/mol. The number of amides is 2. The lowest BCUT2D eigenvalue weighted by molar-refractivity contribution is -0.146. The minimum absolute atomic E-state index is 0.0624. The fourth-order valence-corrected chi connectivity index (χ4v) is 2.31. The maximum absolute atomic E-state index is 12.3. The fourth-order valence-electron chi connectivity index (χ4n) is 2.31. The number of aliphatic carboxylic acids is 1. The maximum Gasteiger partial charge on any atom is 0.322 e. The van der Waals surface area contributed by atoms with Gasteiger partial charge in [0, 0.05) is 19.3 Å². The van der Waals surface area contributed by atoms with Gasteiger partial charge in [-0.3, -0.25) is 4.79 Å². The van der Waals surface area contributed by atoms with Crippen molar-refractivity contribution in [1.29, 1.82) is 0 Å². The van der Waals surface area contributed by atoms with E-state index in [1.807, 2.05) is 13.8 Å². The maximum atomic E-state index is 12.3. The topological polar surface area (TPSA) is 91.8 Å². The molecule has 0 aliphatic carbocycles. The number of urea groups is 1. The van der Waals surface area contributed by atoms with Crippen molar-refractivity contribution in [2.75, 3.05) is 18.4 Å². The Morgan fingerprint density at radius 2 is 2.23 bits per heavy atom. The van der Waals surface area contributed by atoms with Crippen LogP contribution in [0.25, 0.3) is 0 Å². The Bertz CT molecular complexity index is 576. The van der Waals surface area contributed by atoms with Crippen LogP contribution in [0.5, 0.6) is 5.88 Å². The Balaban J connectivity index is 2.06.